The van der Waals surface area contributed by atoms with Gasteiger partial charge in [0.05, 0.1) is 5.69 Å². The van der Waals surface area contributed by atoms with E-state index in [4.69, 9.17) is 11.6 Å². The SMILES string of the molecule is Cc1cc(C)n2nc(C)c(C(=O)NCC34CC5CC(CC(Cl)(C5)C3)C4)c2n1. The van der Waals surface area contributed by atoms with Crippen LogP contribution in [-0.4, -0.2) is 31.9 Å². The molecule has 2 atom stereocenters. The lowest BCUT2D eigenvalue weighted by Gasteiger charge is -2.60. The first kappa shape index (κ1) is 17.5. The van der Waals surface area contributed by atoms with Gasteiger partial charge in [-0.15, -0.1) is 11.6 Å². The predicted molar refractivity (Wildman–Crippen MR) is 105 cm³/mol. The van der Waals surface area contributed by atoms with Crippen LogP contribution in [0.2, 0.25) is 0 Å². The molecule has 4 aliphatic carbocycles. The number of halogens is 1. The molecule has 144 valence electrons. The summed E-state index contributed by atoms with van der Waals surface area (Å²) in [6.07, 6.45) is 7.12. The molecule has 0 radical (unpaired) electrons. The van der Waals surface area contributed by atoms with E-state index in [0.717, 1.165) is 54.7 Å². The van der Waals surface area contributed by atoms with E-state index in [1.54, 1.807) is 4.52 Å². The fraction of sp³-hybridized carbons (Fsp3) is 0.667. The number of carbonyl (C=O) groups excluding carboxylic acids is 1. The molecule has 2 aromatic rings. The molecule has 0 aromatic carbocycles. The van der Waals surface area contributed by atoms with Crippen molar-refractivity contribution in [3.63, 3.8) is 0 Å². The molecule has 4 aliphatic rings. The lowest BCUT2D eigenvalue weighted by atomic mass is 9.49. The normalized spacial score (nSPS) is 34.4. The molecule has 0 spiro atoms. The van der Waals surface area contributed by atoms with Gasteiger partial charge in [-0.2, -0.15) is 5.10 Å². The zero-order valence-corrected chi connectivity index (χ0v) is 17.1. The molecule has 4 saturated carbocycles. The average molecular weight is 387 g/mol. The zero-order chi connectivity index (χ0) is 19.0. The standard InChI is InChI=1S/C21H27ClN4O/c1-12-4-13(2)26-18(24-12)17(14(3)25-26)19(27)23-11-20-6-15-5-16(7-20)9-21(22,8-15)10-20/h4,15-16H,5-11H2,1-3H3,(H,23,27). The molecular formula is C21H27ClN4O. The minimum Gasteiger partial charge on any atom is -0.351 e. The van der Waals surface area contributed by atoms with Crippen molar-refractivity contribution >= 4 is 23.2 Å². The van der Waals surface area contributed by atoms with Gasteiger partial charge in [-0.05, 0) is 82.6 Å². The van der Waals surface area contributed by atoms with Crippen molar-refractivity contribution in [3.8, 4) is 0 Å². The Morgan fingerprint density at radius 3 is 2.63 bits per heavy atom. The van der Waals surface area contributed by atoms with Crippen molar-refractivity contribution in [1.82, 2.24) is 19.9 Å². The van der Waals surface area contributed by atoms with Crippen molar-refractivity contribution < 1.29 is 4.79 Å². The highest BCUT2D eigenvalue weighted by Crippen LogP contribution is 2.63. The van der Waals surface area contributed by atoms with Gasteiger partial charge >= 0.3 is 0 Å². The Balaban J connectivity index is 1.41. The van der Waals surface area contributed by atoms with Gasteiger partial charge < -0.3 is 5.32 Å². The number of hydrogen-bond donors (Lipinski definition) is 1. The van der Waals surface area contributed by atoms with E-state index in [1.807, 2.05) is 26.8 Å². The maximum absolute atomic E-state index is 13.1. The van der Waals surface area contributed by atoms with Crippen LogP contribution < -0.4 is 5.32 Å². The van der Waals surface area contributed by atoms with Crippen LogP contribution in [0.5, 0.6) is 0 Å². The zero-order valence-electron chi connectivity index (χ0n) is 16.3. The smallest absolute Gasteiger partial charge is 0.257 e. The molecule has 1 amide bonds. The molecule has 6 heteroatoms. The van der Waals surface area contributed by atoms with E-state index in [2.05, 4.69) is 15.4 Å². The molecule has 2 heterocycles. The van der Waals surface area contributed by atoms with Gasteiger partial charge in [0, 0.05) is 22.8 Å². The molecule has 6 rings (SSSR count). The molecule has 0 aliphatic heterocycles. The quantitative estimate of drug-likeness (QED) is 0.812. The number of rotatable bonds is 3. The second kappa shape index (κ2) is 5.69. The van der Waals surface area contributed by atoms with Gasteiger partial charge in [-0.1, -0.05) is 0 Å². The Morgan fingerprint density at radius 1 is 1.26 bits per heavy atom. The first-order valence-corrected chi connectivity index (χ1v) is 10.4. The van der Waals surface area contributed by atoms with Crippen molar-refractivity contribution in [2.75, 3.05) is 6.54 Å². The minimum absolute atomic E-state index is 0.0229. The maximum Gasteiger partial charge on any atom is 0.257 e. The first-order chi connectivity index (χ1) is 12.8. The number of fused-ring (bicyclic) bond motifs is 1. The average Bonchev–Trinajstić information content (AvgIpc) is 2.87. The van der Waals surface area contributed by atoms with Crippen LogP contribution in [0, 0.1) is 38.0 Å². The molecule has 0 saturated heterocycles. The molecule has 4 bridgehead atoms. The van der Waals surface area contributed by atoms with Crippen LogP contribution in [0.3, 0.4) is 0 Å². The number of amides is 1. The highest BCUT2D eigenvalue weighted by Gasteiger charge is 2.57. The molecule has 2 aromatic heterocycles. The summed E-state index contributed by atoms with van der Waals surface area (Å²) in [6, 6.07) is 1.98. The molecular weight excluding hydrogens is 360 g/mol. The fourth-order valence-electron chi connectivity index (χ4n) is 6.59. The Hall–Kier alpha value is -1.62. The highest BCUT2D eigenvalue weighted by molar-refractivity contribution is 6.24. The van der Waals surface area contributed by atoms with Gasteiger partial charge in [0.2, 0.25) is 0 Å². The van der Waals surface area contributed by atoms with Crippen LogP contribution >= 0.6 is 11.6 Å². The lowest BCUT2D eigenvalue weighted by molar-refractivity contribution is -0.0379. The van der Waals surface area contributed by atoms with E-state index in [9.17, 15) is 4.79 Å². The third-order valence-electron chi connectivity index (χ3n) is 7.03. The summed E-state index contributed by atoms with van der Waals surface area (Å²) >= 11 is 6.94. The second-order valence-electron chi connectivity index (χ2n) is 9.53. The molecule has 2 unspecified atom stereocenters. The summed E-state index contributed by atoms with van der Waals surface area (Å²) in [7, 11) is 0. The topological polar surface area (TPSA) is 59.3 Å². The number of alkyl halides is 1. The van der Waals surface area contributed by atoms with E-state index in [-0.39, 0.29) is 16.2 Å². The third kappa shape index (κ3) is 2.77. The van der Waals surface area contributed by atoms with Crippen molar-refractivity contribution in [1.29, 1.82) is 0 Å². The Labute approximate surface area is 164 Å². The van der Waals surface area contributed by atoms with Crippen LogP contribution in [0.25, 0.3) is 5.65 Å². The largest absolute Gasteiger partial charge is 0.351 e. The first-order valence-electron chi connectivity index (χ1n) is 10.1. The van der Waals surface area contributed by atoms with E-state index in [1.165, 1.54) is 19.3 Å². The molecule has 4 fully saturated rings. The van der Waals surface area contributed by atoms with Crippen molar-refractivity contribution in [2.45, 2.75) is 64.2 Å². The van der Waals surface area contributed by atoms with Gasteiger partial charge in [0.25, 0.3) is 5.91 Å². The van der Waals surface area contributed by atoms with Gasteiger partial charge in [0.1, 0.15) is 5.56 Å². The summed E-state index contributed by atoms with van der Waals surface area (Å²) in [5, 5.41) is 7.77. The van der Waals surface area contributed by atoms with E-state index >= 15 is 0 Å². The molecule has 27 heavy (non-hydrogen) atoms. The number of hydrogen-bond acceptors (Lipinski definition) is 3. The molecule has 1 N–H and O–H groups in total. The van der Waals surface area contributed by atoms with Crippen LogP contribution in [0.15, 0.2) is 6.07 Å². The summed E-state index contributed by atoms with van der Waals surface area (Å²) in [4.78, 5) is 17.7. The summed E-state index contributed by atoms with van der Waals surface area (Å²) in [6.45, 7) is 6.54. The monoisotopic (exact) mass is 386 g/mol. The number of nitrogens with one attached hydrogen (secondary N) is 1. The van der Waals surface area contributed by atoms with Gasteiger partial charge in [-0.25, -0.2) is 9.50 Å². The van der Waals surface area contributed by atoms with E-state index in [0.29, 0.717) is 11.2 Å². The third-order valence-corrected chi connectivity index (χ3v) is 7.47. The van der Waals surface area contributed by atoms with Crippen LogP contribution in [-0.2, 0) is 0 Å². The predicted octanol–water partition coefficient (Wildman–Crippen LogP) is 3.96. The van der Waals surface area contributed by atoms with Crippen LogP contribution in [0.1, 0.15) is 66.0 Å². The lowest BCUT2D eigenvalue weighted by Crippen LogP contribution is -2.56. The Kier molecular flexibility index (Phi) is 3.69. The Morgan fingerprint density at radius 2 is 1.96 bits per heavy atom. The molecule has 5 nitrogen and oxygen atoms in total. The Bertz CT molecular complexity index is 935. The summed E-state index contributed by atoms with van der Waals surface area (Å²) < 4.78 is 1.77. The summed E-state index contributed by atoms with van der Waals surface area (Å²) in [5.41, 5.74) is 4.06. The van der Waals surface area contributed by atoms with Crippen molar-refractivity contribution in [2.24, 2.45) is 17.3 Å². The second-order valence-corrected chi connectivity index (χ2v) is 10.3. The van der Waals surface area contributed by atoms with Gasteiger partial charge in [-0.3, -0.25) is 4.79 Å². The number of aryl methyl sites for hydroxylation is 3. The maximum atomic E-state index is 13.1. The van der Waals surface area contributed by atoms with Gasteiger partial charge in [0.15, 0.2) is 5.65 Å². The summed E-state index contributed by atoms with van der Waals surface area (Å²) in [5.74, 6) is 1.43. The van der Waals surface area contributed by atoms with Crippen LogP contribution in [0.4, 0.5) is 0 Å². The number of nitrogens with zero attached hydrogens (tertiary/aromatic N) is 3. The number of aromatic nitrogens is 3. The fourth-order valence-corrected chi connectivity index (χ4v) is 7.31. The minimum atomic E-state index is -0.0561. The van der Waals surface area contributed by atoms with E-state index < -0.39 is 0 Å². The highest BCUT2D eigenvalue weighted by atomic mass is 35.5. The number of carbonyl (C=O) groups is 1. The van der Waals surface area contributed by atoms with Crippen molar-refractivity contribution in [3.05, 3.63) is 28.7 Å².